The van der Waals surface area contributed by atoms with Crippen molar-refractivity contribution in [3.05, 3.63) is 11.3 Å². The van der Waals surface area contributed by atoms with Gasteiger partial charge < -0.3 is 5.11 Å². The van der Waals surface area contributed by atoms with Gasteiger partial charge >= 0.3 is 0 Å². The standard InChI is InChI=1S/C6H10O2/c1-3-6(8)5(2)4-7/h4,8H,3H2,1-2H3. The van der Waals surface area contributed by atoms with E-state index in [9.17, 15) is 4.79 Å². The Morgan fingerprint density at radius 2 is 2.25 bits per heavy atom. The molecule has 0 spiro atoms. The van der Waals surface area contributed by atoms with E-state index in [1.807, 2.05) is 0 Å². The average Bonchev–Trinajstić information content (AvgIpc) is 1.84. The molecule has 2 nitrogen and oxygen atoms in total. The molecular formula is C6H10O2. The Kier molecular flexibility index (Phi) is 2.92. The van der Waals surface area contributed by atoms with Crippen LogP contribution in [0.4, 0.5) is 0 Å². The Bertz CT molecular complexity index is 114. The van der Waals surface area contributed by atoms with Crippen molar-refractivity contribution in [3.63, 3.8) is 0 Å². The van der Waals surface area contributed by atoms with Gasteiger partial charge in [-0.2, -0.15) is 0 Å². The number of aliphatic hydroxyl groups is 1. The van der Waals surface area contributed by atoms with Gasteiger partial charge in [0, 0.05) is 12.0 Å². The van der Waals surface area contributed by atoms with Gasteiger partial charge in [0.1, 0.15) is 6.29 Å². The van der Waals surface area contributed by atoms with Gasteiger partial charge in [0.25, 0.3) is 0 Å². The molecule has 0 rings (SSSR count). The van der Waals surface area contributed by atoms with Gasteiger partial charge in [-0.15, -0.1) is 0 Å². The molecule has 2 heteroatoms. The second kappa shape index (κ2) is 3.24. The summed E-state index contributed by atoms with van der Waals surface area (Å²) in [4.78, 5) is 9.89. The highest BCUT2D eigenvalue weighted by Crippen LogP contribution is 1.99. The largest absolute Gasteiger partial charge is 0.512 e. The summed E-state index contributed by atoms with van der Waals surface area (Å²) in [5, 5.41) is 8.77. The van der Waals surface area contributed by atoms with Crippen LogP contribution in [-0.2, 0) is 4.79 Å². The molecule has 0 bridgehead atoms. The molecule has 0 amide bonds. The Morgan fingerprint density at radius 1 is 1.75 bits per heavy atom. The minimum atomic E-state index is 0.181. The fourth-order valence-corrected chi connectivity index (χ4v) is 0.347. The zero-order valence-corrected chi connectivity index (χ0v) is 5.14. The molecule has 8 heavy (non-hydrogen) atoms. The van der Waals surface area contributed by atoms with Crippen LogP contribution in [0, 0.1) is 0 Å². The summed E-state index contributed by atoms with van der Waals surface area (Å²) < 4.78 is 0. The van der Waals surface area contributed by atoms with Gasteiger partial charge in [0.2, 0.25) is 0 Å². The molecule has 0 aliphatic heterocycles. The third-order valence-electron chi connectivity index (χ3n) is 0.967. The van der Waals surface area contributed by atoms with E-state index in [0.29, 0.717) is 18.3 Å². The Morgan fingerprint density at radius 3 is 2.38 bits per heavy atom. The Balaban J connectivity index is 4.03. The summed E-state index contributed by atoms with van der Waals surface area (Å²) in [7, 11) is 0. The molecule has 46 valence electrons. The van der Waals surface area contributed by atoms with E-state index in [1.54, 1.807) is 13.8 Å². The van der Waals surface area contributed by atoms with E-state index in [0.717, 1.165) is 0 Å². The van der Waals surface area contributed by atoms with Crippen molar-refractivity contribution in [2.45, 2.75) is 20.3 Å². The zero-order chi connectivity index (χ0) is 6.57. The summed E-state index contributed by atoms with van der Waals surface area (Å²) >= 11 is 0. The molecular weight excluding hydrogens is 104 g/mol. The first-order valence-electron chi connectivity index (χ1n) is 2.56. The second-order valence-electron chi connectivity index (χ2n) is 1.60. The van der Waals surface area contributed by atoms with E-state index in [2.05, 4.69) is 0 Å². The molecule has 0 radical (unpaired) electrons. The number of hydrogen-bond donors (Lipinski definition) is 1. The topological polar surface area (TPSA) is 37.3 Å². The van der Waals surface area contributed by atoms with Crippen molar-refractivity contribution in [2.24, 2.45) is 0 Å². The smallest absolute Gasteiger partial charge is 0.149 e. The normalized spacial score (nSPS) is 12.8. The SMILES string of the molecule is CCC(O)=C(C)C=O. The molecule has 0 saturated carbocycles. The number of hydrogen-bond acceptors (Lipinski definition) is 2. The summed E-state index contributed by atoms with van der Waals surface area (Å²) in [6.07, 6.45) is 1.18. The average molecular weight is 114 g/mol. The monoisotopic (exact) mass is 114 g/mol. The molecule has 0 heterocycles. The lowest BCUT2D eigenvalue weighted by molar-refractivity contribution is -0.105. The van der Waals surface area contributed by atoms with E-state index >= 15 is 0 Å². The third kappa shape index (κ3) is 1.78. The highest BCUT2D eigenvalue weighted by molar-refractivity contribution is 5.72. The molecule has 1 N–H and O–H groups in total. The molecule has 0 unspecified atom stereocenters. The minimum absolute atomic E-state index is 0.181. The van der Waals surface area contributed by atoms with Gasteiger partial charge in [0.15, 0.2) is 0 Å². The van der Waals surface area contributed by atoms with Gasteiger partial charge in [0.05, 0.1) is 5.76 Å². The maximum Gasteiger partial charge on any atom is 0.149 e. The van der Waals surface area contributed by atoms with Crippen molar-refractivity contribution >= 4 is 6.29 Å². The van der Waals surface area contributed by atoms with Crippen LogP contribution >= 0.6 is 0 Å². The predicted octanol–water partition coefficient (Wildman–Crippen LogP) is 1.43. The van der Waals surface area contributed by atoms with Crippen molar-refractivity contribution < 1.29 is 9.90 Å². The van der Waals surface area contributed by atoms with Crippen molar-refractivity contribution in [1.29, 1.82) is 0 Å². The fraction of sp³-hybridized carbons (Fsp3) is 0.500. The van der Waals surface area contributed by atoms with Crippen LogP contribution in [0.15, 0.2) is 11.3 Å². The van der Waals surface area contributed by atoms with Crippen LogP contribution in [0.1, 0.15) is 20.3 Å². The van der Waals surface area contributed by atoms with Crippen LogP contribution in [0.5, 0.6) is 0 Å². The lowest BCUT2D eigenvalue weighted by atomic mass is 10.2. The quantitative estimate of drug-likeness (QED) is 0.335. The number of rotatable bonds is 2. The first kappa shape index (κ1) is 7.21. The molecule has 0 aromatic carbocycles. The number of carbonyl (C=O) groups excluding carboxylic acids is 1. The van der Waals surface area contributed by atoms with Crippen molar-refractivity contribution in [1.82, 2.24) is 0 Å². The van der Waals surface area contributed by atoms with Crippen LogP contribution in [0.25, 0.3) is 0 Å². The molecule has 0 aromatic heterocycles. The molecule has 0 saturated heterocycles. The van der Waals surface area contributed by atoms with E-state index in [4.69, 9.17) is 5.11 Å². The third-order valence-corrected chi connectivity index (χ3v) is 0.967. The van der Waals surface area contributed by atoms with Crippen LogP contribution in [0.3, 0.4) is 0 Å². The Hall–Kier alpha value is -0.790. The molecule has 0 fully saturated rings. The summed E-state index contributed by atoms with van der Waals surface area (Å²) in [5.41, 5.74) is 0.424. The number of aldehydes is 1. The van der Waals surface area contributed by atoms with Gasteiger partial charge in [-0.1, -0.05) is 6.92 Å². The van der Waals surface area contributed by atoms with Gasteiger partial charge in [-0.05, 0) is 6.92 Å². The number of carbonyl (C=O) groups is 1. The lowest BCUT2D eigenvalue weighted by Gasteiger charge is -1.92. The number of allylic oxidation sites excluding steroid dienone is 2. The zero-order valence-electron chi connectivity index (χ0n) is 5.14. The van der Waals surface area contributed by atoms with E-state index in [1.165, 1.54) is 0 Å². The highest BCUT2D eigenvalue weighted by atomic mass is 16.3. The van der Waals surface area contributed by atoms with E-state index in [-0.39, 0.29) is 5.76 Å². The van der Waals surface area contributed by atoms with Gasteiger partial charge in [-0.3, -0.25) is 4.79 Å². The Labute approximate surface area is 48.8 Å². The first-order chi connectivity index (χ1) is 3.72. The van der Waals surface area contributed by atoms with Crippen molar-refractivity contribution in [3.8, 4) is 0 Å². The fourth-order valence-electron chi connectivity index (χ4n) is 0.347. The van der Waals surface area contributed by atoms with Crippen LogP contribution in [-0.4, -0.2) is 11.4 Å². The van der Waals surface area contributed by atoms with Crippen molar-refractivity contribution in [2.75, 3.05) is 0 Å². The maximum atomic E-state index is 9.89. The predicted molar refractivity (Wildman–Crippen MR) is 31.7 cm³/mol. The highest BCUT2D eigenvalue weighted by Gasteiger charge is 1.92. The minimum Gasteiger partial charge on any atom is -0.512 e. The van der Waals surface area contributed by atoms with Crippen LogP contribution in [0.2, 0.25) is 0 Å². The molecule has 0 aliphatic carbocycles. The summed E-state index contributed by atoms with van der Waals surface area (Å²) in [6, 6.07) is 0. The molecule has 0 aliphatic rings. The molecule has 0 atom stereocenters. The summed E-state index contributed by atoms with van der Waals surface area (Å²) in [5.74, 6) is 0.181. The number of aliphatic hydroxyl groups excluding tert-OH is 1. The van der Waals surface area contributed by atoms with Gasteiger partial charge in [-0.25, -0.2) is 0 Å². The lowest BCUT2D eigenvalue weighted by Crippen LogP contribution is -1.85. The summed E-state index contributed by atoms with van der Waals surface area (Å²) in [6.45, 7) is 3.38. The maximum absolute atomic E-state index is 9.89. The molecule has 0 aromatic rings. The van der Waals surface area contributed by atoms with Crippen LogP contribution < -0.4 is 0 Å². The second-order valence-corrected chi connectivity index (χ2v) is 1.60. The van der Waals surface area contributed by atoms with E-state index < -0.39 is 0 Å². The first-order valence-corrected chi connectivity index (χ1v) is 2.56.